The van der Waals surface area contributed by atoms with Crippen LogP contribution in [-0.2, 0) is 22.5 Å². The highest BCUT2D eigenvalue weighted by Crippen LogP contribution is 2.15. The Labute approximate surface area is 157 Å². The van der Waals surface area contributed by atoms with Crippen molar-refractivity contribution in [2.45, 2.75) is 67.5 Å². The van der Waals surface area contributed by atoms with E-state index >= 15 is 0 Å². The number of hydrogen-bond acceptors (Lipinski definition) is 4. The van der Waals surface area contributed by atoms with E-state index in [0.29, 0.717) is 18.2 Å². The second-order valence-corrected chi connectivity index (χ2v) is 7.86. The number of aryl methyl sites for hydroxylation is 1. The first-order chi connectivity index (χ1) is 12.1. The minimum absolute atomic E-state index is 0.106. The van der Waals surface area contributed by atoms with Crippen molar-refractivity contribution >= 4 is 11.9 Å². The van der Waals surface area contributed by atoms with Crippen LogP contribution >= 0.6 is 0 Å². The van der Waals surface area contributed by atoms with Crippen molar-refractivity contribution in [2.24, 2.45) is 11.3 Å². The van der Waals surface area contributed by atoms with Gasteiger partial charge in [0.15, 0.2) is 0 Å². The fourth-order valence-electron chi connectivity index (χ4n) is 2.43. The Bertz CT molecular complexity index is 639. The Kier molecular flexibility index (Phi) is 8.06. The van der Waals surface area contributed by atoms with Crippen molar-refractivity contribution in [1.29, 1.82) is 0 Å². The smallest absolute Gasteiger partial charge is 0.332 e. The molecule has 0 saturated heterocycles. The summed E-state index contributed by atoms with van der Waals surface area (Å²) in [7, 11) is 0. The van der Waals surface area contributed by atoms with E-state index in [0.717, 1.165) is 12.1 Å². The molecular weight excluding hydrogens is 330 g/mol. The number of amides is 1. The van der Waals surface area contributed by atoms with E-state index < -0.39 is 12.0 Å². The summed E-state index contributed by atoms with van der Waals surface area (Å²) in [6, 6.07) is 0.976. The van der Waals surface area contributed by atoms with Crippen molar-refractivity contribution in [2.75, 3.05) is 6.61 Å². The number of allylic oxidation sites excluding steroid dienone is 1. The van der Waals surface area contributed by atoms with Gasteiger partial charge >= 0.3 is 5.97 Å². The molecule has 0 radical (unpaired) electrons. The van der Waals surface area contributed by atoms with Crippen LogP contribution in [-0.4, -0.2) is 34.3 Å². The summed E-state index contributed by atoms with van der Waals surface area (Å²) in [5.74, 6) is -0.342. The molecule has 1 rings (SSSR count). The van der Waals surface area contributed by atoms with Crippen molar-refractivity contribution in [3.05, 3.63) is 29.6 Å². The van der Waals surface area contributed by atoms with Crippen molar-refractivity contribution in [3.8, 4) is 0 Å². The van der Waals surface area contributed by atoms with Gasteiger partial charge in [-0.1, -0.05) is 46.8 Å². The van der Waals surface area contributed by atoms with Crippen LogP contribution in [0.15, 0.2) is 18.2 Å². The third kappa shape index (κ3) is 7.02. The van der Waals surface area contributed by atoms with E-state index in [4.69, 9.17) is 4.74 Å². The zero-order valence-corrected chi connectivity index (χ0v) is 17.1. The van der Waals surface area contributed by atoms with Gasteiger partial charge in [0.25, 0.3) is 5.91 Å². The summed E-state index contributed by atoms with van der Waals surface area (Å²) in [5.41, 5.74) is 1.23. The second kappa shape index (κ2) is 9.55. The molecular formula is C20H33N3O3. The van der Waals surface area contributed by atoms with E-state index in [1.54, 1.807) is 23.7 Å². The highest BCUT2D eigenvalue weighted by atomic mass is 16.5. The van der Waals surface area contributed by atoms with Gasteiger partial charge in [0.05, 0.1) is 12.3 Å². The van der Waals surface area contributed by atoms with E-state index in [-0.39, 0.29) is 17.9 Å². The van der Waals surface area contributed by atoms with Gasteiger partial charge in [0.2, 0.25) is 0 Å². The standard InChI is InChI=1S/C20H33N3O3/c1-8-23-17(13-15(22-23)12-14(3)4)18(24)21-16(19(25)26-9-2)10-11-20(5,6)7/h10-11,13-14,16H,8-9,12H2,1-7H3,(H,21,24). The number of ether oxygens (including phenoxy) is 1. The lowest BCUT2D eigenvalue weighted by Gasteiger charge is -2.17. The third-order valence-electron chi connectivity index (χ3n) is 3.60. The van der Waals surface area contributed by atoms with Gasteiger partial charge in [-0.15, -0.1) is 0 Å². The lowest BCUT2D eigenvalue weighted by atomic mass is 9.95. The number of aromatic nitrogens is 2. The highest BCUT2D eigenvalue weighted by molar-refractivity contribution is 5.96. The van der Waals surface area contributed by atoms with Crippen LogP contribution in [0.5, 0.6) is 0 Å². The minimum atomic E-state index is -0.824. The van der Waals surface area contributed by atoms with E-state index in [1.165, 1.54) is 0 Å². The molecule has 146 valence electrons. The fraction of sp³-hybridized carbons (Fsp3) is 0.650. The van der Waals surface area contributed by atoms with Crippen LogP contribution in [0.25, 0.3) is 0 Å². The number of nitrogens with one attached hydrogen (secondary N) is 1. The van der Waals surface area contributed by atoms with Gasteiger partial charge < -0.3 is 10.1 Å². The summed E-state index contributed by atoms with van der Waals surface area (Å²) in [5, 5.41) is 7.26. The number of hydrogen-bond donors (Lipinski definition) is 1. The summed E-state index contributed by atoms with van der Waals surface area (Å²) in [4.78, 5) is 25.0. The van der Waals surface area contributed by atoms with Crippen LogP contribution in [0.4, 0.5) is 0 Å². The first kappa shape index (κ1) is 21.9. The number of esters is 1. The molecule has 0 aliphatic heterocycles. The maximum Gasteiger partial charge on any atom is 0.332 e. The van der Waals surface area contributed by atoms with Crippen LogP contribution in [0, 0.1) is 11.3 Å². The third-order valence-corrected chi connectivity index (χ3v) is 3.60. The quantitative estimate of drug-likeness (QED) is 0.568. The normalized spacial score (nSPS) is 13.2. The predicted molar refractivity (Wildman–Crippen MR) is 103 cm³/mol. The van der Waals surface area contributed by atoms with E-state index in [1.807, 2.05) is 33.8 Å². The number of carbonyl (C=O) groups is 2. The molecule has 26 heavy (non-hydrogen) atoms. The summed E-state index contributed by atoms with van der Waals surface area (Å²) in [6.45, 7) is 14.8. The van der Waals surface area contributed by atoms with Crippen LogP contribution in [0.1, 0.15) is 64.6 Å². The largest absolute Gasteiger partial charge is 0.464 e. The Morgan fingerprint density at radius 2 is 1.96 bits per heavy atom. The van der Waals surface area contributed by atoms with Gasteiger partial charge in [0, 0.05) is 6.54 Å². The monoisotopic (exact) mass is 363 g/mol. The molecule has 1 unspecified atom stereocenters. The Morgan fingerprint density at radius 3 is 2.46 bits per heavy atom. The minimum Gasteiger partial charge on any atom is -0.464 e. The molecule has 0 spiro atoms. The Balaban J connectivity index is 3.03. The molecule has 1 amide bonds. The molecule has 0 fully saturated rings. The maximum atomic E-state index is 12.8. The molecule has 1 aromatic rings. The summed E-state index contributed by atoms with van der Waals surface area (Å²) >= 11 is 0. The lowest BCUT2D eigenvalue weighted by molar-refractivity contribution is -0.144. The van der Waals surface area contributed by atoms with Gasteiger partial charge in [0.1, 0.15) is 11.7 Å². The zero-order valence-electron chi connectivity index (χ0n) is 17.1. The molecule has 0 aliphatic rings. The average molecular weight is 364 g/mol. The van der Waals surface area contributed by atoms with Crippen LogP contribution < -0.4 is 5.32 Å². The fourth-order valence-corrected chi connectivity index (χ4v) is 2.43. The first-order valence-electron chi connectivity index (χ1n) is 9.31. The van der Waals surface area contributed by atoms with Gasteiger partial charge in [-0.3, -0.25) is 9.48 Å². The molecule has 0 aliphatic carbocycles. The van der Waals surface area contributed by atoms with E-state index in [9.17, 15) is 9.59 Å². The Hall–Kier alpha value is -2.11. The molecule has 1 N–H and O–H groups in total. The topological polar surface area (TPSA) is 73.2 Å². The predicted octanol–water partition coefficient (Wildman–Crippen LogP) is 3.37. The second-order valence-electron chi connectivity index (χ2n) is 7.86. The molecule has 1 atom stereocenters. The number of carbonyl (C=O) groups excluding carboxylic acids is 2. The first-order valence-corrected chi connectivity index (χ1v) is 9.31. The zero-order chi connectivity index (χ0) is 19.9. The summed E-state index contributed by atoms with van der Waals surface area (Å²) < 4.78 is 6.76. The molecule has 6 nitrogen and oxygen atoms in total. The van der Waals surface area contributed by atoms with Crippen LogP contribution in [0.2, 0.25) is 0 Å². The molecule has 1 aromatic heterocycles. The molecule has 6 heteroatoms. The van der Waals surface area contributed by atoms with Crippen molar-refractivity contribution in [1.82, 2.24) is 15.1 Å². The van der Waals surface area contributed by atoms with Crippen molar-refractivity contribution in [3.63, 3.8) is 0 Å². The maximum absolute atomic E-state index is 12.8. The Morgan fingerprint density at radius 1 is 1.31 bits per heavy atom. The van der Waals surface area contributed by atoms with Crippen LogP contribution in [0.3, 0.4) is 0 Å². The van der Waals surface area contributed by atoms with Crippen molar-refractivity contribution < 1.29 is 14.3 Å². The number of nitrogens with zero attached hydrogens (tertiary/aromatic N) is 2. The number of rotatable bonds is 8. The van der Waals surface area contributed by atoms with E-state index in [2.05, 4.69) is 24.3 Å². The van der Waals surface area contributed by atoms with Gasteiger partial charge in [-0.2, -0.15) is 5.10 Å². The van der Waals surface area contributed by atoms with Gasteiger partial charge in [-0.05, 0) is 37.7 Å². The average Bonchev–Trinajstić information content (AvgIpc) is 2.92. The van der Waals surface area contributed by atoms with Gasteiger partial charge in [-0.25, -0.2) is 4.79 Å². The SMILES string of the molecule is CCOC(=O)C(C=CC(C)(C)C)NC(=O)c1cc(CC(C)C)nn1CC. The lowest BCUT2D eigenvalue weighted by Crippen LogP contribution is -2.41. The summed E-state index contributed by atoms with van der Waals surface area (Å²) in [6.07, 6.45) is 4.40. The molecule has 0 aromatic carbocycles. The molecule has 1 heterocycles. The molecule has 0 saturated carbocycles. The highest BCUT2D eigenvalue weighted by Gasteiger charge is 2.23. The molecule has 0 bridgehead atoms.